The van der Waals surface area contributed by atoms with Crippen molar-refractivity contribution in [2.24, 2.45) is 17.6 Å². The summed E-state index contributed by atoms with van der Waals surface area (Å²) in [5.74, 6) is -1.28. The molecule has 0 saturated carbocycles. The molecule has 5 nitrogen and oxygen atoms in total. The number of nitrogens with one attached hydrogen (secondary N) is 1. The van der Waals surface area contributed by atoms with E-state index in [0.717, 1.165) is 0 Å². The van der Waals surface area contributed by atoms with E-state index in [4.69, 9.17) is 10.8 Å². The number of amides is 1. The minimum absolute atomic E-state index is 0.0623. The van der Waals surface area contributed by atoms with Gasteiger partial charge in [-0.25, -0.2) is 0 Å². The lowest BCUT2D eigenvalue weighted by molar-refractivity contribution is -0.138. The van der Waals surface area contributed by atoms with Gasteiger partial charge in [0.15, 0.2) is 0 Å². The number of hydrogen-bond acceptors (Lipinski definition) is 3. The number of carboxylic acids is 1. The van der Waals surface area contributed by atoms with Crippen LogP contribution in [-0.4, -0.2) is 29.6 Å². The average Bonchev–Trinajstić information content (AvgIpc) is 2.11. The number of carbonyl (C=O) groups excluding carboxylic acids is 1. The standard InChI is InChI=1S/C10H20N2O3/c1-6(4-9(13)14)5-12-10(15)7(2)8(3)11/h6-8H,4-5,11H2,1-3H3,(H,12,15)(H,13,14). The highest BCUT2D eigenvalue weighted by molar-refractivity contribution is 5.79. The van der Waals surface area contributed by atoms with E-state index in [1.165, 1.54) is 0 Å². The first-order chi connectivity index (χ1) is 6.84. The van der Waals surface area contributed by atoms with E-state index in [1.807, 2.05) is 0 Å². The summed E-state index contributed by atoms with van der Waals surface area (Å²) in [5.41, 5.74) is 5.57. The molecule has 0 bridgehead atoms. The number of carboxylic acid groups (broad SMARTS) is 1. The van der Waals surface area contributed by atoms with Crippen molar-refractivity contribution >= 4 is 11.9 Å². The first kappa shape index (κ1) is 13.9. The van der Waals surface area contributed by atoms with Gasteiger partial charge >= 0.3 is 5.97 Å². The van der Waals surface area contributed by atoms with Crippen LogP contribution < -0.4 is 11.1 Å². The molecule has 0 fully saturated rings. The quantitative estimate of drug-likeness (QED) is 0.591. The second-order valence-electron chi connectivity index (χ2n) is 4.10. The maximum atomic E-state index is 11.4. The van der Waals surface area contributed by atoms with E-state index in [2.05, 4.69) is 5.32 Å². The molecule has 0 radical (unpaired) electrons. The van der Waals surface area contributed by atoms with Crippen molar-refractivity contribution in [3.05, 3.63) is 0 Å². The van der Waals surface area contributed by atoms with Gasteiger partial charge in [0.05, 0.1) is 0 Å². The van der Waals surface area contributed by atoms with Gasteiger partial charge in [-0.05, 0) is 12.8 Å². The van der Waals surface area contributed by atoms with Gasteiger partial charge in [-0.3, -0.25) is 9.59 Å². The molecule has 15 heavy (non-hydrogen) atoms. The second-order valence-corrected chi connectivity index (χ2v) is 4.10. The number of aliphatic carboxylic acids is 1. The van der Waals surface area contributed by atoms with Gasteiger partial charge < -0.3 is 16.2 Å². The maximum Gasteiger partial charge on any atom is 0.303 e. The highest BCUT2D eigenvalue weighted by Crippen LogP contribution is 2.02. The normalized spacial score (nSPS) is 16.5. The molecule has 0 heterocycles. The molecule has 88 valence electrons. The van der Waals surface area contributed by atoms with Crippen molar-refractivity contribution in [2.45, 2.75) is 33.2 Å². The van der Waals surface area contributed by atoms with Crippen molar-refractivity contribution in [1.29, 1.82) is 0 Å². The first-order valence-corrected chi connectivity index (χ1v) is 5.09. The van der Waals surface area contributed by atoms with Crippen molar-refractivity contribution in [2.75, 3.05) is 6.54 Å². The number of carbonyl (C=O) groups is 2. The SMILES string of the molecule is CC(CNC(=O)C(C)C(C)N)CC(=O)O. The molecule has 0 aliphatic heterocycles. The van der Waals surface area contributed by atoms with Crippen LogP contribution >= 0.6 is 0 Å². The Morgan fingerprint density at radius 1 is 1.33 bits per heavy atom. The molecule has 3 atom stereocenters. The van der Waals surface area contributed by atoms with E-state index >= 15 is 0 Å². The number of rotatable bonds is 6. The van der Waals surface area contributed by atoms with Crippen LogP contribution in [-0.2, 0) is 9.59 Å². The summed E-state index contributed by atoms with van der Waals surface area (Å²) in [4.78, 5) is 21.8. The molecular formula is C10H20N2O3. The maximum absolute atomic E-state index is 11.4. The van der Waals surface area contributed by atoms with Crippen LogP contribution in [0.5, 0.6) is 0 Å². The Hall–Kier alpha value is -1.10. The zero-order valence-electron chi connectivity index (χ0n) is 9.49. The minimum atomic E-state index is -0.850. The molecule has 0 aliphatic rings. The van der Waals surface area contributed by atoms with Gasteiger partial charge in [0, 0.05) is 24.9 Å². The molecule has 5 heteroatoms. The fraction of sp³-hybridized carbons (Fsp3) is 0.800. The Kier molecular flexibility index (Phi) is 5.93. The molecule has 4 N–H and O–H groups in total. The minimum Gasteiger partial charge on any atom is -0.481 e. The van der Waals surface area contributed by atoms with Crippen LogP contribution in [0.15, 0.2) is 0 Å². The summed E-state index contributed by atoms with van der Waals surface area (Å²) < 4.78 is 0. The van der Waals surface area contributed by atoms with Crippen molar-refractivity contribution in [1.82, 2.24) is 5.32 Å². The van der Waals surface area contributed by atoms with Gasteiger partial charge in [0.2, 0.25) is 5.91 Å². The van der Waals surface area contributed by atoms with Crippen LogP contribution in [0.25, 0.3) is 0 Å². The highest BCUT2D eigenvalue weighted by Gasteiger charge is 2.17. The van der Waals surface area contributed by atoms with Gasteiger partial charge in [0.1, 0.15) is 0 Å². The average molecular weight is 216 g/mol. The summed E-state index contributed by atoms with van der Waals surface area (Å²) in [5, 5.41) is 11.2. The van der Waals surface area contributed by atoms with Crippen LogP contribution in [0.3, 0.4) is 0 Å². The first-order valence-electron chi connectivity index (χ1n) is 5.09. The van der Waals surface area contributed by atoms with Gasteiger partial charge in [-0.1, -0.05) is 13.8 Å². The van der Waals surface area contributed by atoms with Crippen LogP contribution in [0.1, 0.15) is 27.2 Å². The molecule has 0 rings (SSSR count). The molecule has 0 saturated heterocycles. The lowest BCUT2D eigenvalue weighted by atomic mass is 10.0. The van der Waals surface area contributed by atoms with Crippen LogP contribution in [0.4, 0.5) is 0 Å². The number of nitrogens with two attached hydrogens (primary N) is 1. The van der Waals surface area contributed by atoms with Crippen molar-refractivity contribution < 1.29 is 14.7 Å². The summed E-state index contributed by atoms with van der Waals surface area (Å²) in [6.07, 6.45) is 0.0623. The highest BCUT2D eigenvalue weighted by atomic mass is 16.4. The molecule has 0 aromatic rings. The summed E-state index contributed by atoms with van der Waals surface area (Å²) in [6, 6.07) is -0.195. The zero-order valence-corrected chi connectivity index (χ0v) is 9.49. The molecule has 0 aromatic heterocycles. The lowest BCUT2D eigenvalue weighted by Crippen LogP contribution is -2.40. The van der Waals surface area contributed by atoms with E-state index in [-0.39, 0.29) is 30.2 Å². The fourth-order valence-corrected chi connectivity index (χ4v) is 1.04. The Morgan fingerprint density at radius 2 is 1.87 bits per heavy atom. The summed E-state index contributed by atoms with van der Waals surface area (Å²) >= 11 is 0. The van der Waals surface area contributed by atoms with E-state index in [0.29, 0.717) is 6.54 Å². The second kappa shape index (κ2) is 6.40. The number of hydrogen-bond donors (Lipinski definition) is 3. The Labute approximate surface area is 90.0 Å². The van der Waals surface area contributed by atoms with Crippen molar-refractivity contribution in [3.8, 4) is 0 Å². The molecule has 1 amide bonds. The van der Waals surface area contributed by atoms with E-state index < -0.39 is 5.97 Å². The van der Waals surface area contributed by atoms with Gasteiger partial charge in [-0.2, -0.15) is 0 Å². The van der Waals surface area contributed by atoms with E-state index in [1.54, 1.807) is 20.8 Å². The summed E-state index contributed by atoms with van der Waals surface area (Å²) in [6.45, 7) is 5.68. The monoisotopic (exact) mass is 216 g/mol. The molecular weight excluding hydrogens is 196 g/mol. The Balaban J connectivity index is 3.85. The predicted molar refractivity (Wildman–Crippen MR) is 57.2 cm³/mol. The van der Waals surface area contributed by atoms with Crippen LogP contribution in [0.2, 0.25) is 0 Å². The third kappa shape index (κ3) is 6.06. The third-order valence-corrected chi connectivity index (χ3v) is 2.35. The largest absolute Gasteiger partial charge is 0.481 e. The molecule has 0 spiro atoms. The molecule has 0 aromatic carbocycles. The summed E-state index contributed by atoms with van der Waals surface area (Å²) in [7, 11) is 0. The molecule has 0 aliphatic carbocycles. The fourth-order valence-electron chi connectivity index (χ4n) is 1.04. The van der Waals surface area contributed by atoms with Crippen LogP contribution in [0, 0.1) is 11.8 Å². The predicted octanol–water partition coefficient (Wildman–Crippen LogP) is 0.197. The molecule has 3 unspecified atom stereocenters. The smallest absolute Gasteiger partial charge is 0.303 e. The topological polar surface area (TPSA) is 92.4 Å². The third-order valence-electron chi connectivity index (χ3n) is 2.35. The lowest BCUT2D eigenvalue weighted by Gasteiger charge is -2.17. The Bertz CT molecular complexity index is 229. The Morgan fingerprint density at radius 3 is 2.27 bits per heavy atom. The van der Waals surface area contributed by atoms with Gasteiger partial charge in [-0.15, -0.1) is 0 Å². The zero-order chi connectivity index (χ0) is 12.0. The van der Waals surface area contributed by atoms with Gasteiger partial charge in [0.25, 0.3) is 0 Å². The van der Waals surface area contributed by atoms with E-state index in [9.17, 15) is 9.59 Å². The van der Waals surface area contributed by atoms with Crippen molar-refractivity contribution in [3.63, 3.8) is 0 Å².